The van der Waals surface area contributed by atoms with Crippen molar-refractivity contribution in [1.82, 2.24) is 0 Å². The zero-order chi connectivity index (χ0) is 25.5. The summed E-state index contributed by atoms with van der Waals surface area (Å²) < 4.78 is 0. The summed E-state index contributed by atoms with van der Waals surface area (Å²) in [5.41, 5.74) is 0.739. The Balaban J connectivity index is 1.66. The van der Waals surface area contributed by atoms with Crippen LogP contribution >= 0.6 is 0 Å². The minimum atomic E-state index is -0.984. The van der Waals surface area contributed by atoms with E-state index in [1.807, 2.05) is 20.8 Å². The molecule has 4 aliphatic rings. The fourth-order valence-corrected chi connectivity index (χ4v) is 8.57. The molecule has 2 saturated carbocycles. The van der Waals surface area contributed by atoms with Crippen LogP contribution in [0.1, 0.15) is 107 Å². The van der Waals surface area contributed by atoms with Crippen LogP contribution in [0.4, 0.5) is 0 Å². The van der Waals surface area contributed by atoms with Crippen LogP contribution in [0.15, 0.2) is 22.8 Å². The molecule has 4 aliphatic carbocycles. The Hall–Kier alpha value is -1.26. The standard InChI is InChI=1S/C30H46O4/c1-18(27(5,6)33)17-24(31)19(2)21-9-10-22-20-11-16-30(34)26(3,4)25(32)13-15-29(30,8)23(20)12-14-28(21,22)7/h17,19,21-22,33-34H,9-16H2,1-8H3/b18-17+/t19-,21+,22+,28-,29-,30-/m1/s1. The summed E-state index contributed by atoms with van der Waals surface area (Å²) in [5.74, 6) is 1.03. The number of hydrogen-bond donors (Lipinski definition) is 2. The van der Waals surface area contributed by atoms with Gasteiger partial charge in [-0.15, -0.1) is 0 Å². The lowest BCUT2D eigenvalue weighted by atomic mass is 9.44. The Labute approximate surface area is 206 Å². The minimum Gasteiger partial charge on any atom is -0.388 e. The fourth-order valence-electron chi connectivity index (χ4n) is 8.57. The third-order valence-corrected chi connectivity index (χ3v) is 11.4. The number of carbonyl (C=O) groups excluding carboxylic acids is 2. The number of fused-ring (bicyclic) bond motifs is 4. The van der Waals surface area contributed by atoms with Crippen molar-refractivity contribution in [2.24, 2.45) is 34.0 Å². The number of aliphatic hydroxyl groups is 2. The molecule has 0 aromatic carbocycles. The Morgan fingerprint density at radius 2 is 1.71 bits per heavy atom. The van der Waals surface area contributed by atoms with Crippen molar-refractivity contribution in [3.8, 4) is 0 Å². The van der Waals surface area contributed by atoms with Gasteiger partial charge >= 0.3 is 0 Å². The summed E-state index contributed by atoms with van der Waals surface area (Å²) in [7, 11) is 0. The van der Waals surface area contributed by atoms with Crippen LogP contribution in [0.2, 0.25) is 0 Å². The Kier molecular flexibility index (Phi) is 5.98. The van der Waals surface area contributed by atoms with E-state index in [0.717, 1.165) is 38.5 Å². The first-order valence-electron chi connectivity index (χ1n) is 13.4. The van der Waals surface area contributed by atoms with E-state index in [-0.39, 0.29) is 28.3 Å². The van der Waals surface area contributed by atoms with E-state index in [0.29, 0.717) is 30.3 Å². The van der Waals surface area contributed by atoms with Gasteiger partial charge in [0.15, 0.2) is 5.78 Å². The molecule has 0 radical (unpaired) electrons. The Morgan fingerprint density at radius 3 is 2.32 bits per heavy atom. The van der Waals surface area contributed by atoms with Crippen LogP contribution in [0.3, 0.4) is 0 Å². The number of hydrogen-bond acceptors (Lipinski definition) is 4. The maximum Gasteiger partial charge on any atom is 0.158 e. The second-order valence-electron chi connectivity index (χ2n) is 13.6. The highest BCUT2D eigenvalue weighted by Crippen LogP contribution is 2.68. The van der Waals surface area contributed by atoms with Gasteiger partial charge in [0, 0.05) is 17.8 Å². The molecule has 0 heterocycles. The smallest absolute Gasteiger partial charge is 0.158 e. The van der Waals surface area contributed by atoms with E-state index in [4.69, 9.17) is 0 Å². The van der Waals surface area contributed by atoms with Crippen molar-refractivity contribution in [2.75, 3.05) is 0 Å². The molecular weight excluding hydrogens is 424 g/mol. The van der Waals surface area contributed by atoms with Crippen molar-refractivity contribution in [3.63, 3.8) is 0 Å². The number of Topliss-reactive ketones (excluding diaryl/α,β-unsaturated/α-hetero) is 1. The zero-order valence-corrected chi connectivity index (χ0v) is 22.7. The van der Waals surface area contributed by atoms with Gasteiger partial charge in [-0.3, -0.25) is 9.59 Å². The molecule has 0 aliphatic heterocycles. The van der Waals surface area contributed by atoms with E-state index in [1.165, 1.54) is 11.1 Å². The molecule has 0 bridgehead atoms. The van der Waals surface area contributed by atoms with E-state index in [1.54, 1.807) is 19.9 Å². The van der Waals surface area contributed by atoms with Crippen molar-refractivity contribution in [2.45, 2.75) is 118 Å². The quantitative estimate of drug-likeness (QED) is 0.393. The van der Waals surface area contributed by atoms with Crippen LogP contribution in [-0.4, -0.2) is 33.0 Å². The predicted octanol–water partition coefficient (Wildman–Crippen LogP) is 5.95. The highest BCUT2D eigenvalue weighted by atomic mass is 16.3. The van der Waals surface area contributed by atoms with Crippen molar-refractivity contribution in [1.29, 1.82) is 0 Å². The van der Waals surface area contributed by atoms with Gasteiger partial charge in [0.2, 0.25) is 0 Å². The summed E-state index contributed by atoms with van der Waals surface area (Å²) in [6.07, 6.45) is 8.62. The second-order valence-corrected chi connectivity index (χ2v) is 13.6. The molecule has 0 amide bonds. The van der Waals surface area contributed by atoms with Gasteiger partial charge in [-0.2, -0.15) is 0 Å². The first-order chi connectivity index (χ1) is 15.5. The number of allylic oxidation sites excluding steroid dienone is 2. The van der Waals surface area contributed by atoms with Gasteiger partial charge in [-0.1, -0.05) is 45.8 Å². The molecule has 34 heavy (non-hydrogen) atoms. The van der Waals surface area contributed by atoms with Gasteiger partial charge in [0.1, 0.15) is 5.78 Å². The van der Waals surface area contributed by atoms with Gasteiger partial charge in [0.25, 0.3) is 0 Å². The summed E-state index contributed by atoms with van der Waals surface area (Å²) >= 11 is 0. The number of rotatable bonds is 4. The van der Waals surface area contributed by atoms with Crippen LogP contribution in [0.25, 0.3) is 0 Å². The molecule has 0 saturated heterocycles. The highest BCUT2D eigenvalue weighted by Gasteiger charge is 2.66. The van der Waals surface area contributed by atoms with Crippen LogP contribution in [0.5, 0.6) is 0 Å². The Morgan fingerprint density at radius 1 is 1.06 bits per heavy atom. The molecule has 0 aromatic rings. The zero-order valence-electron chi connectivity index (χ0n) is 22.7. The summed E-state index contributed by atoms with van der Waals surface area (Å²) in [6, 6.07) is 0. The van der Waals surface area contributed by atoms with Crippen molar-refractivity contribution in [3.05, 3.63) is 22.8 Å². The molecule has 4 heteroatoms. The highest BCUT2D eigenvalue weighted by molar-refractivity contribution is 5.92. The topological polar surface area (TPSA) is 74.6 Å². The molecule has 0 unspecified atom stereocenters. The van der Waals surface area contributed by atoms with Crippen molar-refractivity contribution >= 4 is 11.6 Å². The molecule has 4 rings (SSSR count). The fraction of sp³-hybridized carbons (Fsp3) is 0.800. The van der Waals surface area contributed by atoms with Crippen LogP contribution < -0.4 is 0 Å². The minimum absolute atomic E-state index is 0.0724. The lowest BCUT2D eigenvalue weighted by Gasteiger charge is -2.62. The summed E-state index contributed by atoms with van der Waals surface area (Å²) in [4.78, 5) is 26.0. The number of carbonyl (C=O) groups is 2. The van der Waals surface area contributed by atoms with Gasteiger partial charge in [-0.05, 0) is 94.6 Å². The maximum atomic E-state index is 13.2. The van der Waals surface area contributed by atoms with Gasteiger partial charge in [-0.25, -0.2) is 0 Å². The van der Waals surface area contributed by atoms with E-state index in [9.17, 15) is 19.8 Å². The predicted molar refractivity (Wildman–Crippen MR) is 135 cm³/mol. The first kappa shape index (κ1) is 25.8. The molecule has 0 aromatic heterocycles. The third kappa shape index (κ3) is 3.38. The van der Waals surface area contributed by atoms with E-state index >= 15 is 0 Å². The maximum absolute atomic E-state index is 13.2. The molecule has 0 spiro atoms. The lowest BCUT2D eigenvalue weighted by Crippen LogP contribution is -2.65. The van der Waals surface area contributed by atoms with Gasteiger partial charge in [0.05, 0.1) is 16.6 Å². The van der Waals surface area contributed by atoms with E-state index in [2.05, 4.69) is 20.8 Å². The molecule has 4 nitrogen and oxygen atoms in total. The largest absolute Gasteiger partial charge is 0.388 e. The molecule has 2 N–H and O–H groups in total. The average molecular weight is 471 g/mol. The Bertz CT molecular complexity index is 963. The van der Waals surface area contributed by atoms with Crippen LogP contribution in [-0.2, 0) is 9.59 Å². The lowest BCUT2D eigenvalue weighted by molar-refractivity contribution is -0.187. The molecular formula is C30H46O4. The SMILES string of the molecule is C/C(=C\C(=O)[C@H](C)[C@@H]1CC[C@H]2C3=C(CC[C@@]21C)[C@@]1(C)CCC(=O)C(C)(C)[C@]1(O)CC3)C(C)(C)O. The van der Waals surface area contributed by atoms with Crippen LogP contribution in [0, 0.1) is 34.0 Å². The van der Waals surface area contributed by atoms with Gasteiger partial charge < -0.3 is 10.2 Å². The molecule has 2 fully saturated rings. The normalized spacial score (nSPS) is 41.0. The van der Waals surface area contributed by atoms with Crippen molar-refractivity contribution < 1.29 is 19.8 Å². The third-order valence-electron chi connectivity index (χ3n) is 11.4. The first-order valence-corrected chi connectivity index (χ1v) is 13.4. The summed E-state index contributed by atoms with van der Waals surface area (Å²) in [6.45, 7) is 15.9. The molecule has 190 valence electrons. The monoisotopic (exact) mass is 470 g/mol. The molecule has 6 atom stereocenters. The summed E-state index contributed by atoms with van der Waals surface area (Å²) in [5, 5.41) is 22.3. The van der Waals surface area contributed by atoms with E-state index < -0.39 is 16.6 Å². The average Bonchev–Trinajstić information content (AvgIpc) is 3.09. The number of ketones is 2. The second kappa shape index (κ2) is 7.87.